The second kappa shape index (κ2) is 13.2. The fourth-order valence-electron chi connectivity index (χ4n) is 2.58. The zero-order valence-electron chi connectivity index (χ0n) is 15.1. The fourth-order valence-corrected chi connectivity index (χ4v) is 2.58. The summed E-state index contributed by atoms with van der Waals surface area (Å²) in [5, 5.41) is 6.54. The molecule has 1 aromatic carbocycles. The van der Waals surface area contributed by atoms with Gasteiger partial charge in [-0.1, -0.05) is 18.2 Å². The van der Waals surface area contributed by atoms with Crippen LogP contribution in [0.3, 0.4) is 0 Å². The Kier molecular flexibility index (Phi) is 11.6. The standard InChI is InChI=1S/C18H29N3O3.HI/c1-3-23-17-9-5-4-7-15(17)13-21-18(19-2)20-10-12-22-14-16-8-6-11-24-16;/h4-5,7,9,16H,3,6,8,10-14H2,1-2H3,(H2,19,20,21);1H. The monoisotopic (exact) mass is 463 g/mol. The van der Waals surface area contributed by atoms with Crippen molar-refractivity contribution in [2.45, 2.75) is 32.4 Å². The summed E-state index contributed by atoms with van der Waals surface area (Å²) in [5.41, 5.74) is 1.11. The van der Waals surface area contributed by atoms with Gasteiger partial charge >= 0.3 is 0 Å². The van der Waals surface area contributed by atoms with Crippen LogP contribution in [0.25, 0.3) is 0 Å². The van der Waals surface area contributed by atoms with Crippen molar-refractivity contribution in [3.63, 3.8) is 0 Å². The van der Waals surface area contributed by atoms with Gasteiger partial charge in [0.05, 0.1) is 25.9 Å². The van der Waals surface area contributed by atoms with Crippen molar-refractivity contribution in [3.8, 4) is 5.75 Å². The van der Waals surface area contributed by atoms with Crippen molar-refractivity contribution in [2.24, 2.45) is 4.99 Å². The lowest BCUT2D eigenvalue weighted by Gasteiger charge is -2.15. The maximum atomic E-state index is 5.64. The molecule has 1 unspecified atom stereocenters. The Morgan fingerprint density at radius 3 is 2.88 bits per heavy atom. The number of rotatable bonds is 9. The molecule has 0 aromatic heterocycles. The van der Waals surface area contributed by atoms with Crippen LogP contribution in [0.5, 0.6) is 5.75 Å². The number of nitrogens with one attached hydrogen (secondary N) is 2. The van der Waals surface area contributed by atoms with E-state index in [1.54, 1.807) is 7.05 Å². The number of para-hydroxylation sites is 1. The van der Waals surface area contributed by atoms with E-state index in [9.17, 15) is 0 Å². The summed E-state index contributed by atoms with van der Waals surface area (Å²) >= 11 is 0. The van der Waals surface area contributed by atoms with Crippen molar-refractivity contribution in [3.05, 3.63) is 29.8 Å². The van der Waals surface area contributed by atoms with Crippen LogP contribution in [0, 0.1) is 0 Å². The molecule has 1 fully saturated rings. The van der Waals surface area contributed by atoms with E-state index in [4.69, 9.17) is 14.2 Å². The highest BCUT2D eigenvalue weighted by molar-refractivity contribution is 14.0. The van der Waals surface area contributed by atoms with Crippen molar-refractivity contribution in [1.29, 1.82) is 0 Å². The lowest BCUT2D eigenvalue weighted by molar-refractivity contribution is 0.0191. The molecule has 1 aromatic rings. The first-order valence-electron chi connectivity index (χ1n) is 8.68. The number of hydrogen-bond donors (Lipinski definition) is 2. The van der Waals surface area contributed by atoms with E-state index in [2.05, 4.69) is 21.7 Å². The lowest BCUT2D eigenvalue weighted by Crippen LogP contribution is -2.38. The van der Waals surface area contributed by atoms with Crippen LogP contribution in [0.4, 0.5) is 0 Å². The summed E-state index contributed by atoms with van der Waals surface area (Å²) in [7, 11) is 1.76. The Morgan fingerprint density at radius 1 is 1.32 bits per heavy atom. The third-order valence-electron chi connectivity index (χ3n) is 3.81. The van der Waals surface area contributed by atoms with Crippen molar-refractivity contribution in [1.82, 2.24) is 10.6 Å². The summed E-state index contributed by atoms with van der Waals surface area (Å²) in [5.74, 6) is 1.66. The highest BCUT2D eigenvalue weighted by atomic mass is 127. The molecule has 25 heavy (non-hydrogen) atoms. The van der Waals surface area contributed by atoms with Crippen molar-refractivity contribution < 1.29 is 14.2 Å². The third-order valence-corrected chi connectivity index (χ3v) is 3.81. The second-order valence-electron chi connectivity index (χ2n) is 5.60. The normalized spacial score (nSPS) is 17.0. The Bertz CT molecular complexity index is 508. The molecule has 1 aliphatic heterocycles. The van der Waals surface area contributed by atoms with E-state index in [-0.39, 0.29) is 30.1 Å². The highest BCUT2D eigenvalue weighted by Gasteiger charge is 2.14. The van der Waals surface area contributed by atoms with Gasteiger partial charge in [0, 0.05) is 32.3 Å². The molecule has 2 rings (SSSR count). The molecule has 1 saturated heterocycles. The molecule has 0 radical (unpaired) electrons. The Labute approximate surface area is 167 Å². The van der Waals surface area contributed by atoms with Gasteiger partial charge in [0.2, 0.25) is 0 Å². The number of halogens is 1. The first-order valence-corrected chi connectivity index (χ1v) is 8.68. The molecule has 6 nitrogen and oxygen atoms in total. The maximum absolute atomic E-state index is 5.64. The lowest BCUT2D eigenvalue weighted by atomic mass is 10.2. The van der Waals surface area contributed by atoms with Crippen LogP contribution in [0.15, 0.2) is 29.3 Å². The van der Waals surface area contributed by atoms with Gasteiger partial charge in [-0.25, -0.2) is 0 Å². The van der Waals surface area contributed by atoms with Crippen LogP contribution >= 0.6 is 24.0 Å². The maximum Gasteiger partial charge on any atom is 0.191 e. The summed E-state index contributed by atoms with van der Waals surface area (Å²) < 4.78 is 16.8. The number of aliphatic imine (C=N–C) groups is 1. The van der Waals surface area contributed by atoms with Crippen LogP contribution in [0.2, 0.25) is 0 Å². The van der Waals surface area contributed by atoms with Gasteiger partial charge in [-0.05, 0) is 25.8 Å². The zero-order chi connectivity index (χ0) is 17.0. The molecule has 142 valence electrons. The molecule has 0 saturated carbocycles. The molecule has 7 heteroatoms. The average Bonchev–Trinajstić information content (AvgIpc) is 3.12. The minimum atomic E-state index is 0. The molecule has 1 atom stereocenters. The van der Waals surface area contributed by atoms with Gasteiger partial charge in [0.1, 0.15) is 5.75 Å². The van der Waals surface area contributed by atoms with Crippen molar-refractivity contribution >= 4 is 29.9 Å². The number of nitrogens with zero attached hydrogens (tertiary/aromatic N) is 1. The first-order chi connectivity index (χ1) is 11.8. The summed E-state index contributed by atoms with van der Waals surface area (Å²) in [6.07, 6.45) is 2.53. The topological polar surface area (TPSA) is 64.1 Å². The predicted molar refractivity (Wildman–Crippen MR) is 111 cm³/mol. The summed E-state index contributed by atoms with van der Waals surface area (Å²) in [4.78, 5) is 4.23. The molecule has 2 N–H and O–H groups in total. The van der Waals surface area contributed by atoms with Crippen LogP contribution in [0.1, 0.15) is 25.3 Å². The Balaban J connectivity index is 0.00000312. The smallest absolute Gasteiger partial charge is 0.191 e. The molecule has 0 spiro atoms. The molecule has 1 heterocycles. The number of benzene rings is 1. The largest absolute Gasteiger partial charge is 0.494 e. The third kappa shape index (κ3) is 8.24. The number of ether oxygens (including phenoxy) is 3. The molecule has 0 aliphatic carbocycles. The van der Waals surface area contributed by atoms with E-state index in [1.165, 1.54) is 0 Å². The van der Waals surface area contributed by atoms with E-state index >= 15 is 0 Å². The zero-order valence-corrected chi connectivity index (χ0v) is 17.5. The molecule has 1 aliphatic rings. The van der Waals surface area contributed by atoms with Crippen LogP contribution < -0.4 is 15.4 Å². The highest BCUT2D eigenvalue weighted by Crippen LogP contribution is 2.17. The number of hydrogen-bond acceptors (Lipinski definition) is 4. The molecular formula is C18H30IN3O3. The first kappa shape index (κ1) is 22.0. The van der Waals surface area contributed by atoms with Gasteiger partial charge in [-0.3, -0.25) is 4.99 Å². The quantitative estimate of drug-likeness (QED) is 0.255. The fraction of sp³-hybridized carbons (Fsp3) is 0.611. The molecular weight excluding hydrogens is 433 g/mol. The van der Waals surface area contributed by atoms with E-state index in [0.717, 1.165) is 36.7 Å². The van der Waals surface area contributed by atoms with Gasteiger partial charge in [-0.15, -0.1) is 24.0 Å². The van der Waals surface area contributed by atoms with Crippen LogP contribution in [-0.4, -0.2) is 52.1 Å². The molecule has 0 bridgehead atoms. The Hall–Kier alpha value is -1.06. The Morgan fingerprint density at radius 2 is 2.16 bits per heavy atom. The van der Waals surface area contributed by atoms with Gasteiger partial charge < -0.3 is 24.8 Å². The van der Waals surface area contributed by atoms with Crippen LogP contribution in [-0.2, 0) is 16.0 Å². The van der Waals surface area contributed by atoms with E-state index in [0.29, 0.717) is 32.9 Å². The van der Waals surface area contributed by atoms with E-state index in [1.807, 2.05) is 25.1 Å². The van der Waals surface area contributed by atoms with Gasteiger partial charge in [0.25, 0.3) is 0 Å². The minimum Gasteiger partial charge on any atom is -0.494 e. The van der Waals surface area contributed by atoms with Gasteiger partial charge in [-0.2, -0.15) is 0 Å². The summed E-state index contributed by atoms with van der Waals surface area (Å²) in [6.45, 7) is 6.19. The predicted octanol–water partition coefficient (Wildman–Crippen LogP) is 2.56. The average molecular weight is 463 g/mol. The molecule has 0 amide bonds. The SMILES string of the molecule is CCOc1ccccc1CNC(=NC)NCCOCC1CCCO1.I. The summed E-state index contributed by atoms with van der Waals surface area (Å²) in [6, 6.07) is 8.02. The van der Waals surface area contributed by atoms with Gasteiger partial charge in [0.15, 0.2) is 5.96 Å². The minimum absolute atomic E-state index is 0. The van der Waals surface area contributed by atoms with E-state index < -0.39 is 0 Å². The second-order valence-corrected chi connectivity index (χ2v) is 5.60. The number of guanidine groups is 1. The van der Waals surface area contributed by atoms with Crippen molar-refractivity contribution in [2.75, 3.05) is 40.0 Å².